The number of hydrogen-bond donors (Lipinski definition) is 1. The summed E-state index contributed by atoms with van der Waals surface area (Å²) < 4.78 is -0.402. The third-order valence-corrected chi connectivity index (χ3v) is 5.28. The number of aldehydes is 1. The van der Waals surface area contributed by atoms with Crippen LogP contribution in [0, 0.1) is 0 Å². The predicted molar refractivity (Wildman–Crippen MR) is 102 cm³/mol. The van der Waals surface area contributed by atoms with E-state index in [1.165, 1.54) is 16.3 Å². The Hall–Kier alpha value is -1.52. The van der Waals surface area contributed by atoms with E-state index in [1.54, 1.807) is 11.8 Å². The van der Waals surface area contributed by atoms with Crippen LogP contribution in [0.3, 0.4) is 0 Å². The Morgan fingerprint density at radius 2 is 1.83 bits per heavy atom. The van der Waals surface area contributed by atoms with Crippen LogP contribution >= 0.6 is 11.8 Å². The number of fused-ring (bicyclic) bond motifs is 1. The normalized spacial score (nSPS) is 11.9. The maximum atomic E-state index is 11.1. The summed E-state index contributed by atoms with van der Waals surface area (Å²) in [6.45, 7) is 8.71. The van der Waals surface area contributed by atoms with Gasteiger partial charge in [-0.2, -0.15) is 0 Å². The molecule has 0 saturated carbocycles. The zero-order valence-corrected chi connectivity index (χ0v) is 15.2. The van der Waals surface area contributed by atoms with E-state index in [-0.39, 0.29) is 0 Å². The molecule has 0 saturated heterocycles. The number of anilines is 1. The van der Waals surface area contributed by atoms with Gasteiger partial charge in [0, 0.05) is 11.1 Å². The predicted octanol–water partition coefficient (Wildman–Crippen LogP) is 4.35. The van der Waals surface area contributed by atoms with Crippen molar-refractivity contribution in [3.8, 4) is 0 Å². The molecule has 0 aliphatic carbocycles. The van der Waals surface area contributed by atoms with E-state index in [2.05, 4.69) is 55.1 Å². The van der Waals surface area contributed by atoms with Gasteiger partial charge >= 0.3 is 0 Å². The minimum absolute atomic E-state index is 0.402. The highest BCUT2D eigenvalue weighted by molar-refractivity contribution is 8.01. The van der Waals surface area contributed by atoms with Gasteiger partial charge in [0.2, 0.25) is 0 Å². The molecule has 2 aromatic carbocycles. The summed E-state index contributed by atoms with van der Waals surface area (Å²) in [6, 6.07) is 12.8. The van der Waals surface area contributed by atoms with Crippen LogP contribution in [0.5, 0.6) is 0 Å². The quantitative estimate of drug-likeness (QED) is 0.605. The van der Waals surface area contributed by atoms with Crippen LogP contribution in [0.15, 0.2) is 36.4 Å². The second kappa shape index (κ2) is 7.37. The molecule has 124 valence electrons. The van der Waals surface area contributed by atoms with E-state index in [0.29, 0.717) is 18.5 Å². The first-order valence-electron chi connectivity index (χ1n) is 7.96. The average Bonchev–Trinajstić information content (AvgIpc) is 2.55. The summed E-state index contributed by atoms with van der Waals surface area (Å²) in [7, 11) is 0. The fourth-order valence-corrected chi connectivity index (χ4v) is 3.39. The molecule has 0 amide bonds. The van der Waals surface area contributed by atoms with Gasteiger partial charge < -0.3 is 15.4 Å². The maximum Gasteiger partial charge on any atom is 0.135 e. The molecule has 3 nitrogen and oxygen atoms in total. The first-order chi connectivity index (χ1) is 10.9. The van der Waals surface area contributed by atoms with Crippen molar-refractivity contribution in [2.24, 2.45) is 5.73 Å². The number of rotatable bonds is 7. The molecule has 2 aromatic rings. The SMILES string of the molecule is CC(C)c1ccc(N(CN)CSC(C)(C)C=O)c2ccccc12. The van der Waals surface area contributed by atoms with Crippen LogP contribution in [0.25, 0.3) is 10.8 Å². The molecule has 23 heavy (non-hydrogen) atoms. The third kappa shape index (κ3) is 4.06. The molecule has 0 aromatic heterocycles. The lowest BCUT2D eigenvalue weighted by molar-refractivity contribution is -0.109. The Bertz CT molecular complexity index is 682. The van der Waals surface area contributed by atoms with Gasteiger partial charge in [0.15, 0.2) is 0 Å². The smallest absolute Gasteiger partial charge is 0.135 e. The summed E-state index contributed by atoms with van der Waals surface area (Å²) >= 11 is 1.60. The van der Waals surface area contributed by atoms with Crippen LogP contribution in [0.1, 0.15) is 39.2 Å². The van der Waals surface area contributed by atoms with Crippen LogP contribution in [0.4, 0.5) is 5.69 Å². The van der Waals surface area contributed by atoms with Gasteiger partial charge in [0.1, 0.15) is 6.29 Å². The molecule has 0 radical (unpaired) electrons. The lowest BCUT2D eigenvalue weighted by Crippen LogP contribution is -2.32. The van der Waals surface area contributed by atoms with Crippen molar-refractivity contribution in [1.29, 1.82) is 0 Å². The molecule has 2 N–H and O–H groups in total. The summed E-state index contributed by atoms with van der Waals surface area (Å²) in [6.07, 6.45) is 0.992. The van der Waals surface area contributed by atoms with E-state index in [1.807, 2.05) is 13.8 Å². The monoisotopic (exact) mass is 330 g/mol. The standard InChI is InChI=1S/C19H26N2OS/c1-14(2)15-9-10-18(17-8-6-5-7-16(15)17)21(12-20)13-23-19(3,4)11-22/h5-11,14H,12-13,20H2,1-4H3. The molecular formula is C19H26N2OS. The number of benzene rings is 2. The van der Waals surface area contributed by atoms with E-state index in [9.17, 15) is 4.79 Å². The molecule has 0 spiro atoms. The van der Waals surface area contributed by atoms with E-state index in [0.717, 1.165) is 12.0 Å². The fourth-order valence-electron chi connectivity index (χ4n) is 2.58. The second-order valence-corrected chi connectivity index (χ2v) is 8.19. The fraction of sp³-hybridized carbons (Fsp3) is 0.421. The van der Waals surface area contributed by atoms with Crippen molar-refractivity contribution in [3.63, 3.8) is 0 Å². The van der Waals surface area contributed by atoms with Gasteiger partial charge in [0.25, 0.3) is 0 Å². The first kappa shape index (κ1) is 17.8. The molecule has 0 aliphatic rings. The van der Waals surface area contributed by atoms with Crippen molar-refractivity contribution in [2.45, 2.75) is 38.4 Å². The van der Waals surface area contributed by atoms with Crippen LogP contribution in [0.2, 0.25) is 0 Å². The Morgan fingerprint density at radius 3 is 2.39 bits per heavy atom. The third-order valence-electron chi connectivity index (χ3n) is 3.99. The van der Waals surface area contributed by atoms with Gasteiger partial charge in [-0.1, -0.05) is 44.2 Å². The van der Waals surface area contributed by atoms with Crippen molar-refractivity contribution >= 4 is 34.5 Å². The summed E-state index contributed by atoms with van der Waals surface area (Å²) in [5.41, 5.74) is 8.46. The number of nitrogens with two attached hydrogens (primary N) is 1. The van der Waals surface area contributed by atoms with Gasteiger partial charge in [-0.15, -0.1) is 11.8 Å². The molecule has 0 aliphatic heterocycles. The average molecular weight is 330 g/mol. The number of carbonyl (C=O) groups excluding carboxylic acids is 1. The number of carbonyl (C=O) groups is 1. The Kier molecular flexibility index (Phi) is 5.71. The zero-order valence-electron chi connectivity index (χ0n) is 14.4. The minimum atomic E-state index is -0.402. The molecular weight excluding hydrogens is 304 g/mol. The van der Waals surface area contributed by atoms with Crippen LogP contribution in [-0.4, -0.2) is 23.6 Å². The molecule has 2 rings (SSSR count). The van der Waals surface area contributed by atoms with Gasteiger partial charge in [0.05, 0.1) is 17.3 Å². The van der Waals surface area contributed by atoms with Gasteiger partial charge in [-0.3, -0.25) is 0 Å². The van der Waals surface area contributed by atoms with Gasteiger partial charge in [-0.25, -0.2) is 0 Å². The lowest BCUT2D eigenvalue weighted by atomic mass is 9.95. The topological polar surface area (TPSA) is 46.3 Å². The second-order valence-electron chi connectivity index (χ2n) is 6.59. The van der Waals surface area contributed by atoms with Crippen molar-refractivity contribution in [3.05, 3.63) is 42.0 Å². The molecule has 0 fully saturated rings. The highest BCUT2D eigenvalue weighted by Crippen LogP contribution is 2.34. The van der Waals surface area contributed by atoms with Crippen molar-refractivity contribution in [2.75, 3.05) is 17.4 Å². The van der Waals surface area contributed by atoms with Crippen molar-refractivity contribution in [1.82, 2.24) is 0 Å². The largest absolute Gasteiger partial charge is 0.349 e. The molecule has 0 heterocycles. The molecule has 0 atom stereocenters. The van der Waals surface area contributed by atoms with Crippen LogP contribution < -0.4 is 10.6 Å². The minimum Gasteiger partial charge on any atom is -0.349 e. The Labute approximate surface area is 143 Å². The molecule has 4 heteroatoms. The van der Waals surface area contributed by atoms with Crippen molar-refractivity contribution < 1.29 is 4.79 Å². The van der Waals surface area contributed by atoms with E-state index in [4.69, 9.17) is 5.73 Å². The number of hydrogen-bond acceptors (Lipinski definition) is 4. The molecule has 0 unspecified atom stereocenters. The zero-order chi connectivity index (χ0) is 17.0. The van der Waals surface area contributed by atoms with E-state index >= 15 is 0 Å². The first-order valence-corrected chi connectivity index (χ1v) is 8.95. The Morgan fingerprint density at radius 1 is 1.17 bits per heavy atom. The number of thioether (sulfide) groups is 1. The maximum absolute atomic E-state index is 11.1. The number of nitrogens with zero attached hydrogens (tertiary/aromatic N) is 1. The highest BCUT2D eigenvalue weighted by atomic mass is 32.2. The highest BCUT2D eigenvalue weighted by Gasteiger charge is 2.20. The Balaban J connectivity index is 2.41. The summed E-state index contributed by atoms with van der Waals surface area (Å²) in [5.74, 6) is 1.16. The summed E-state index contributed by atoms with van der Waals surface area (Å²) in [4.78, 5) is 13.3. The van der Waals surface area contributed by atoms with Gasteiger partial charge in [-0.05, 0) is 36.8 Å². The lowest BCUT2D eigenvalue weighted by Gasteiger charge is -2.28. The summed E-state index contributed by atoms with van der Waals surface area (Å²) in [5, 5.41) is 2.49. The molecule has 0 bridgehead atoms. The van der Waals surface area contributed by atoms with E-state index < -0.39 is 4.75 Å². The van der Waals surface area contributed by atoms with Crippen LogP contribution in [-0.2, 0) is 4.79 Å².